The van der Waals surface area contributed by atoms with Crippen LogP contribution in [0.1, 0.15) is 35.9 Å². The van der Waals surface area contributed by atoms with Crippen LogP contribution in [0.5, 0.6) is 0 Å². The molecule has 1 amide bonds. The molecule has 23 heavy (non-hydrogen) atoms. The van der Waals surface area contributed by atoms with Gasteiger partial charge in [-0.05, 0) is 68.4 Å². The predicted molar refractivity (Wildman–Crippen MR) is 95.4 cm³/mol. The Kier molecular flexibility index (Phi) is 5.51. The Morgan fingerprint density at radius 3 is 2.78 bits per heavy atom. The summed E-state index contributed by atoms with van der Waals surface area (Å²) in [6.07, 6.45) is 7.57. The summed E-state index contributed by atoms with van der Waals surface area (Å²) < 4.78 is 1.99. The average molecular weight is 331 g/mol. The summed E-state index contributed by atoms with van der Waals surface area (Å²) in [5.41, 5.74) is 0.961. The second-order valence-electron chi connectivity index (χ2n) is 6.36. The van der Waals surface area contributed by atoms with Gasteiger partial charge in [0, 0.05) is 18.9 Å². The second-order valence-corrected chi connectivity index (χ2v) is 7.28. The van der Waals surface area contributed by atoms with Crippen molar-refractivity contribution in [1.29, 1.82) is 0 Å². The Morgan fingerprint density at radius 2 is 2.04 bits per heavy atom. The van der Waals surface area contributed by atoms with Crippen molar-refractivity contribution in [3.05, 3.63) is 40.8 Å². The van der Waals surface area contributed by atoms with Gasteiger partial charge in [-0.1, -0.05) is 6.92 Å². The third kappa shape index (κ3) is 4.24. The van der Waals surface area contributed by atoms with Crippen LogP contribution >= 0.6 is 11.3 Å². The first-order valence-electron chi connectivity index (χ1n) is 8.45. The molecule has 0 bridgehead atoms. The molecule has 1 aliphatic rings. The number of piperidine rings is 1. The molecule has 124 valence electrons. The molecule has 0 spiro atoms. The van der Waals surface area contributed by atoms with E-state index in [0.717, 1.165) is 36.0 Å². The molecule has 0 saturated carbocycles. The quantitative estimate of drug-likeness (QED) is 0.824. The number of hydrogen-bond donors (Lipinski definition) is 1. The van der Waals surface area contributed by atoms with Crippen LogP contribution < -0.4 is 5.32 Å². The van der Waals surface area contributed by atoms with Gasteiger partial charge in [0.1, 0.15) is 4.88 Å². The van der Waals surface area contributed by atoms with Crippen molar-refractivity contribution in [1.82, 2.24) is 14.8 Å². The number of amides is 1. The largest absolute Gasteiger partial charge is 0.351 e. The lowest BCUT2D eigenvalue weighted by atomic mass is 9.99. The van der Waals surface area contributed by atoms with Crippen LogP contribution in [-0.2, 0) is 0 Å². The highest BCUT2D eigenvalue weighted by Crippen LogP contribution is 2.21. The summed E-state index contributed by atoms with van der Waals surface area (Å²) in [6, 6.07) is 5.94. The summed E-state index contributed by atoms with van der Waals surface area (Å²) in [6.45, 7) is 6.58. The van der Waals surface area contributed by atoms with Crippen LogP contribution in [0.2, 0.25) is 0 Å². The first-order valence-corrected chi connectivity index (χ1v) is 9.33. The van der Waals surface area contributed by atoms with E-state index in [1.807, 2.05) is 40.5 Å². The van der Waals surface area contributed by atoms with Crippen molar-refractivity contribution in [3.8, 4) is 5.69 Å². The van der Waals surface area contributed by atoms with Gasteiger partial charge in [0.25, 0.3) is 5.91 Å². The van der Waals surface area contributed by atoms with Gasteiger partial charge in [-0.25, -0.2) is 0 Å². The van der Waals surface area contributed by atoms with Gasteiger partial charge < -0.3 is 14.8 Å². The fourth-order valence-corrected chi connectivity index (χ4v) is 3.85. The molecule has 0 atom stereocenters. The number of nitrogens with one attached hydrogen (secondary N) is 1. The van der Waals surface area contributed by atoms with Crippen molar-refractivity contribution < 1.29 is 4.79 Å². The number of nitrogens with zero attached hydrogens (tertiary/aromatic N) is 2. The Balaban J connectivity index is 1.44. The van der Waals surface area contributed by atoms with Crippen LogP contribution in [-0.4, -0.2) is 41.6 Å². The van der Waals surface area contributed by atoms with Gasteiger partial charge in [-0.2, -0.15) is 0 Å². The van der Waals surface area contributed by atoms with Crippen LogP contribution in [0.4, 0.5) is 0 Å². The number of likely N-dealkylation sites (tertiary alicyclic amines) is 1. The summed E-state index contributed by atoms with van der Waals surface area (Å²) in [4.78, 5) is 15.7. The van der Waals surface area contributed by atoms with Gasteiger partial charge in [0.2, 0.25) is 0 Å². The lowest BCUT2D eigenvalue weighted by Crippen LogP contribution is -2.35. The molecule has 1 fully saturated rings. The van der Waals surface area contributed by atoms with E-state index in [1.165, 1.54) is 37.3 Å². The SMILES string of the molecule is CC1CCN(CCCNC(=O)c2sccc2-n2cccc2)CC1. The summed E-state index contributed by atoms with van der Waals surface area (Å²) in [5, 5.41) is 5.04. The Hall–Kier alpha value is -1.59. The van der Waals surface area contributed by atoms with Crippen molar-refractivity contribution in [2.45, 2.75) is 26.2 Å². The monoisotopic (exact) mass is 331 g/mol. The zero-order valence-electron chi connectivity index (χ0n) is 13.7. The van der Waals surface area contributed by atoms with Gasteiger partial charge in [-0.3, -0.25) is 4.79 Å². The van der Waals surface area contributed by atoms with Crippen LogP contribution in [0.15, 0.2) is 36.0 Å². The fraction of sp³-hybridized carbons (Fsp3) is 0.500. The normalized spacial score (nSPS) is 16.6. The molecule has 0 unspecified atom stereocenters. The first-order chi connectivity index (χ1) is 11.2. The van der Waals surface area contributed by atoms with E-state index in [0.29, 0.717) is 0 Å². The number of carbonyl (C=O) groups is 1. The molecular weight excluding hydrogens is 306 g/mol. The van der Waals surface area contributed by atoms with E-state index in [-0.39, 0.29) is 5.91 Å². The molecule has 0 aromatic carbocycles. The Morgan fingerprint density at radius 1 is 1.30 bits per heavy atom. The molecule has 1 aliphatic heterocycles. The van der Waals surface area contributed by atoms with Gasteiger partial charge in [-0.15, -0.1) is 11.3 Å². The minimum Gasteiger partial charge on any atom is -0.351 e. The highest BCUT2D eigenvalue weighted by molar-refractivity contribution is 7.12. The van der Waals surface area contributed by atoms with Crippen LogP contribution in [0, 0.1) is 5.92 Å². The standard InChI is InChI=1S/C18H25N3OS/c1-15-5-12-20(13-6-15)9-4-8-19-18(22)17-16(7-14-23-17)21-10-2-3-11-21/h2-3,7,10-11,14-15H,4-6,8-9,12-13H2,1H3,(H,19,22). The molecule has 2 aromatic heterocycles. The molecule has 0 radical (unpaired) electrons. The van der Waals surface area contributed by atoms with Crippen LogP contribution in [0.25, 0.3) is 5.69 Å². The van der Waals surface area contributed by atoms with Gasteiger partial charge in [0.05, 0.1) is 5.69 Å². The highest BCUT2D eigenvalue weighted by atomic mass is 32.1. The van der Waals surface area contributed by atoms with E-state index >= 15 is 0 Å². The molecule has 2 aromatic rings. The van der Waals surface area contributed by atoms with Gasteiger partial charge in [0.15, 0.2) is 0 Å². The number of carbonyl (C=O) groups excluding carboxylic acids is 1. The maximum atomic E-state index is 12.4. The first kappa shape index (κ1) is 16.3. The van der Waals surface area contributed by atoms with Crippen molar-refractivity contribution >= 4 is 17.2 Å². The summed E-state index contributed by atoms with van der Waals surface area (Å²) >= 11 is 1.50. The molecular formula is C18H25N3OS. The number of thiophene rings is 1. The minimum absolute atomic E-state index is 0.0379. The summed E-state index contributed by atoms with van der Waals surface area (Å²) in [7, 11) is 0. The van der Waals surface area contributed by atoms with E-state index in [4.69, 9.17) is 0 Å². The fourth-order valence-electron chi connectivity index (χ4n) is 3.04. The number of hydrogen-bond acceptors (Lipinski definition) is 3. The molecule has 1 saturated heterocycles. The van der Waals surface area contributed by atoms with E-state index in [2.05, 4.69) is 17.1 Å². The maximum absolute atomic E-state index is 12.4. The lowest BCUT2D eigenvalue weighted by Gasteiger charge is -2.30. The minimum atomic E-state index is 0.0379. The van der Waals surface area contributed by atoms with Crippen molar-refractivity contribution in [2.75, 3.05) is 26.2 Å². The van der Waals surface area contributed by atoms with E-state index in [1.54, 1.807) is 0 Å². The number of rotatable bonds is 6. The number of aromatic nitrogens is 1. The average Bonchev–Trinajstić information content (AvgIpc) is 3.23. The highest BCUT2D eigenvalue weighted by Gasteiger charge is 2.16. The third-order valence-corrected chi connectivity index (χ3v) is 5.45. The predicted octanol–water partition coefficient (Wildman–Crippen LogP) is 3.39. The maximum Gasteiger partial charge on any atom is 0.263 e. The smallest absolute Gasteiger partial charge is 0.263 e. The lowest BCUT2D eigenvalue weighted by molar-refractivity contribution is 0.0954. The van der Waals surface area contributed by atoms with E-state index in [9.17, 15) is 4.79 Å². The van der Waals surface area contributed by atoms with Gasteiger partial charge >= 0.3 is 0 Å². The van der Waals surface area contributed by atoms with Crippen LogP contribution in [0.3, 0.4) is 0 Å². The molecule has 4 nitrogen and oxygen atoms in total. The topological polar surface area (TPSA) is 37.3 Å². The summed E-state index contributed by atoms with van der Waals surface area (Å²) in [5.74, 6) is 0.910. The Bertz CT molecular complexity index is 612. The zero-order valence-corrected chi connectivity index (χ0v) is 14.5. The van der Waals surface area contributed by atoms with E-state index < -0.39 is 0 Å². The molecule has 3 rings (SSSR count). The second kappa shape index (κ2) is 7.79. The zero-order chi connectivity index (χ0) is 16.1. The molecule has 0 aliphatic carbocycles. The molecule has 3 heterocycles. The molecule has 5 heteroatoms. The molecule has 1 N–H and O–H groups in total. The Labute approximate surface area is 142 Å². The third-order valence-electron chi connectivity index (χ3n) is 4.55. The van der Waals surface area contributed by atoms with Crippen molar-refractivity contribution in [3.63, 3.8) is 0 Å². The van der Waals surface area contributed by atoms with Crippen molar-refractivity contribution in [2.24, 2.45) is 5.92 Å².